The van der Waals surface area contributed by atoms with Gasteiger partial charge in [0.15, 0.2) is 11.5 Å². The smallest absolute Gasteiger partial charge is 0.314 e. The number of benzene rings is 1. The molecule has 4 heteroatoms. The molecule has 2 aliphatic rings. The van der Waals surface area contributed by atoms with Crippen LogP contribution in [0.15, 0.2) is 18.2 Å². The predicted molar refractivity (Wildman–Crippen MR) is 60.2 cm³/mol. The number of rotatable bonds is 2. The van der Waals surface area contributed by atoms with Gasteiger partial charge >= 0.3 is 5.97 Å². The second kappa shape index (κ2) is 4.28. The Bertz CT molecular complexity index is 435. The molecule has 0 aromatic heterocycles. The molecule has 17 heavy (non-hydrogen) atoms. The van der Waals surface area contributed by atoms with Crippen LogP contribution in [0.2, 0.25) is 0 Å². The highest BCUT2D eigenvalue weighted by Gasteiger charge is 2.25. The Balaban J connectivity index is 1.70. The van der Waals surface area contributed by atoms with Crippen LogP contribution >= 0.6 is 0 Å². The summed E-state index contributed by atoms with van der Waals surface area (Å²) in [5, 5.41) is 0. The minimum absolute atomic E-state index is 0.0698. The molecule has 1 aliphatic carbocycles. The van der Waals surface area contributed by atoms with E-state index in [1.807, 2.05) is 0 Å². The Hall–Kier alpha value is -1.71. The second-order valence-corrected chi connectivity index (χ2v) is 4.42. The fraction of sp³-hybridized carbons (Fsp3) is 0.462. The average Bonchev–Trinajstić information content (AvgIpc) is 2.99. The third-order valence-electron chi connectivity index (χ3n) is 3.25. The van der Waals surface area contributed by atoms with Crippen LogP contribution in [0.1, 0.15) is 25.7 Å². The first-order chi connectivity index (χ1) is 8.33. The summed E-state index contributed by atoms with van der Waals surface area (Å²) in [7, 11) is 0. The molecule has 0 amide bonds. The zero-order valence-electron chi connectivity index (χ0n) is 9.48. The summed E-state index contributed by atoms with van der Waals surface area (Å²) in [6, 6.07) is 5.20. The highest BCUT2D eigenvalue weighted by atomic mass is 16.7. The number of hydrogen-bond donors (Lipinski definition) is 0. The number of fused-ring (bicyclic) bond motifs is 1. The fourth-order valence-corrected chi connectivity index (χ4v) is 2.30. The second-order valence-electron chi connectivity index (χ2n) is 4.42. The Morgan fingerprint density at radius 2 is 1.94 bits per heavy atom. The van der Waals surface area contributed by atoms with E-state index in [9.17, 15) is 4.79 Å². The Kier molecular flexibility index (Phi) is 2.63. The SMILES string of the molecule is O=C(Oc1ccc2c(c1)OCO2)C1CCCC1. The molecule has 0 N–H and O–H groups in total. The first-order valence-corrected chi connectivity index (χ1v) is 5.94. The minimum atomic E-state index is -0.124. The van der Waals surface area contributed by atoms with Crippen LogP contribution in [0.3, 0.4) is 0 Å². The van der Waals surface area contributed by atoms with Gasteiger partial charge in [0.05, 0.1) is 5.92 Å². The van der Waals surface area contributed by atoms with Crippen molar-refractivity contribution in [1.82, 2.24) is 0 Å². The van der Waals surface area contributed by atoms with Crippen LogP contribution in [0.5, 0.6) is 17.2 Å². The van der Waals surface area contributed by atoms with E-state index in [0.29, 0.717) is 17.2 Å². The zero-order chi connectivity index (χ0) is 11.7. The summed E-state index contributed by atoms with van der Waals surface area (Å²) >= 11 is 0. The summed E-state index contributed by atoms with van der Waals surface area (Å²) in [5.74, 6) is 1.82. The molecule has 1 aliphatic heterocycles. The molecular weight excluding hydrogens is 220 g/mol. The quantitative estimate of drug-likeness (QED) is 0.582. The van der Waals surface area contributed by atoms with Gasteiger partial charge in [0.25, 0.3) is 0 Å². The van der Waals surface area contributed by atoms with Crippen LogP contribution in [-0.2, 0) is 4.79 Å². The maximum absolute atomic E-state index is 11.8. The third kappa shape index (κ3) is 2.07. The summed E-state index contributed by atoms with van der Waals surface area (Å²) < 4.78 is 15.8. The van der Waals surface area contributed by atoms with Gasteiger partial charge in [-0.3, -0.25) is 4.79 Å². The first kappa shape index (κ1) is 10.4. The maximum Gasteiger partial charge on any atom is 0.314 e. The van der Waals surface area contributed by atoms with Crippen LogP contribution in [-0.4, -0.2) is 12.8 Å². The van der Waals surface area contributed by atoms with E-state index in [-0.39, 0.29) is 18.7 Å². The molecule has 0 unspecified atom stereocenters. The Labute approximate surface area is 99.5 Å². The van der Waals surface area contributed by atoms with Gasteiger partial charge in [-0.05, 0) is 25.0 Å². The van der Waals surface area contributed by atoms with E-state index in [1.165, 1.54) is 0 Å². The van der Waals surface area contributed by atoms with Crippen molar-refractivity contribution >= 4 is 5.97 Å². The highest BCUT2D eigenvalue weighted by molar-refractivity contribution is 5.75. The molecule has 3 rings (SSSR count). The van der Waals surface area contributed by atoms with Crippen LogP contribution < -0.4 is 14.2 Å². The van der Waals surface area contributed by atoms with Gasteiger partial charge in [-0.1, -0.05) is 12.8 Å². The van der Waals surface area contributed by atoms with Gasteiger partial charge < -0.3 is 14.2 Å². The highest BCUT2D eigenvalue weighted by Crippen LogP contribution is 2.35. The zero-order valence-corrected chi connectivity index (χ0v) is 9.48. The van der Waals surface area contributed by atoms with Gasteiger partial charge in [-0.2, -0.15) is 0 Å². The number of carbonyl (C=O) groups is 1. The lowest BCUT2D eigenvalue weighted by molar-refractivity contribution is -0.138. The van der Waals surface area contributed by atoms with Gasteiger partial charge in [-0.15, -0.1) is 0 Å². The van der Waals surface area contributed by atoms with E-state index in [2.05, 4.69) is 0 Å². The lowest BCUT2D eigenvalue weighted by atomic mass is 10.1. The summed E-state index contributed by atoms with van der Waals surface area (Å²) in [4.78, 5) is 11.8. The van der Waals surface area contributed by atoms with E-state index in [0.717, 1.165) is 25.7 Å². The lowest BCUT2D eigenvalue weighted by Gasteiger charge is -2.09. The van der Waals surface area contributed by atoms with Crippen LogP contribution in [0.25, 0.3) is 0 Å². The summed E-state index contributed by atoms with van der Waals surface area (Å²) in [6.07, 6.45) is 4.15. The standard InChI is InChI=1S/C13H14O4/c14-13(9-3-1-2-4-9)17-10-5-6-11-12(7-10)16-8-15-11/h5-7,9H,1-4,8H2. The fourth-order valence-electron chi connectivity index (χ4n) is 2.30. The number of esters is 1. The van der Waals surface area contributed by atoms with Crippen molar-refractivity contribution in [2.75, 3.05) is 6.79 Å². The molecule has 0 spiro atoms. The molecule has 1 saturated carbocycles. The average molecular weight is 234 g/mol. The van der Waals surface area contributed by atoms with E-state index >= 15 is 0 Å². The monoisotopic (exact) mass is 234 g/mol. The van der Waals surface area contributed by atoms with Crippen molar-refractivity contribution in [3.8, 4) is 17.2 Å². The van der Waals surface area contributed by atoms with E-state index < -0.39 is 0 Å². The van der Waals surface area contributed by atoms with Crippen LogP contribution in [0.4, 0.5) is 0 Å². The van der Waals surface area contributed by atoms with Crippen molar-refractivity contribution < 1.29 is 19.0 Å². The molecule has 1 aromatic rings. The molecular formula is C13H14O4. The van der Waals surface area contributed by atoms with Gasteiger partial charge in [-0.25, -0.2) is 0 Å². The van der Waals surface area contributed by atoms with Gasteiger partial charge in [0.2, 0.25) is 6.79 Å². The maximum atomic E-state index is 11.8. The van der Waals surface area contributed by atoms with Crippen molar-refractivity contribution in [2.45, 2.75) is 25.7 Å². The molecule has 1 heterocycles. The largest absolute Gasteiger partial charge is 0.454 e. The molecule has 90 valence electrons. The van der Waals surface area contributed by atoms with Gasteiger partial charge in [0, 0.05) is 6.07 Å². The Morgan fingerprint density at radius 1 is 1.18 bits per heavy atom. The van der Waals surface area contributed by atoms with E-state index in [1.54, 1.807) is 18.2 Å². The number of ether oxygens (including phenoxy) is 3. The number of carbonyl (C=O) groups excluding carboxylic acids is 1. The number of hydrogen-bond acceptors (Lipinski definition) is 4. The molecule has 1 fully saturated rings. The summed E-state index contributed by atoms with van der Waals surface area (Å²) in [6.45, 7) is 0.232. The first-order valence-electron chi connectivity index (χ1n) is 5.94. The Morgan fingerprint density at radius 3 is 2.76 bits per heavy atom. The predicted octanol–water partition coefficient (Wildman–Crippen LogP) is 2.51. The summed E-state index contributed by atoms with van der Waals surface area (Å²) in [5.41, 5.74) is 0. The third-order valence-corrected chi connectivity index (χ3v) is 3.25. The van der Waals surface area contributed by atoms with Crippen molar-refractivity contribution in [3.63, 3.8) is 0 Å². The molecule has 0 saturated heterocycles. The lowest BCUT2D eigenvalue weighted by Crippen LogP contribution is -2.17. The topological polar surface area (TPSA) is 44.8 Å². The molecule has 0 atom stereocenters. The molecule has 0 bridgehead atoms. The van der Waals surface area contributed by atoms with E-state index in [4.69, 9.17) is 14.2 Å². The van der Waals surface area contributed by atoms with Crippen LogP contribution in [0, 0.1) is 5.92 Å². The van der Waals surface area contributed by atoms with Crippen molar-refractivity contribution in [3.05, 3.63) is 18.2 Å². The van der Waals surface area contributed by atoms with Crippen molar-refractivity contribution in [2.24, 2.45) is 5.92 Å². The molecule has 0 radical (unpaired) electrons. The van der Waals surface area contributed by atoms with Gasteiger partial charge in [0.1, 0.15) is 5.75 Å². The minimum Gasteiger partial charge on any atom is -0.454 e. The molecule has 4 nitrogen and oxygen atoms in total. The normalized spacial score (nSPS) is 18.4. The van der Waals surface area contributed by atoms with Crippen molar-refractivity contribution in [1.29, 1.82) is 0 Å². The molecule has 1 aromatic carbocycles.